The van der Waals surface area contributed by atoms with Crippen LogP contribution in [0, 0.1) is 28.6 Å². The number of ether oxygens (including phenoxy) is 9. The molecule has 21 atom stereocenters. The van der Waals surface area contributed by atoms with Gasteiger partial charge >= 0.3 is 5.97 Å². The number of esters is 1. The third-order valence-corrected chi connectivity index (χ3v) is 16.6. The second-order valence-corrected chi connectivity index (χ2v) is 19.7. The summed E-state index contributed by atoms with van der Waals surface area (Å²) >= 11 is 0. The number of allylic oxidation sites excluding steroid dienone is 1. The number of fused-ring (bicyclic) bond motifs is 2. The van der Waals surface area contributed by atoms with Crippen LogP contribution in [0.25, 0.3) is 0 Å². The molecule has 0 aromatic carbocycles. The van der Waals surface area contributed by atoms with Crippen LogP contribution in [-0.2, 0) is 47.4 Å². The van der Waals surface area contributed by atoms with Crippen molar-refractivity contribution in [1.29, 1.82) is 0 Å². The van der Waals surface area contributed by atoms with Gasteiger partial charge in [0, 0.05) is 31.6 Å². The number of aliphatic hydroxyl groups is 4. The molecular weight excluding hydrogens is 752 g/mol. The van der Waals surface area contributed by atoms with E-state index in [1.807, 2.05) is 6.92 Å². The first-order chi connectivity index (χ1) is 27.5. The highest BCUT2D eigenvalue weighted by Gasteiger charge is 2.88. The lowest BCUT2D eigenvalue weighted by atomic mass is 9.44. The lowest BCUT2D eigenvalue weighted by molar-refractivity contribution is -0.336. The number of hydrogen-bond acceptors (Lipinski definition) is 14. The van der Waals surface area contributed by atoms with Gasteiger partial charge in [0.1, 0.15) is 35.8 Å². The zero-order valence-corrected chi connectivity index (χ0v) is 35.0. The summed E-state index contributed by atoms with van der Waals surface area (Å²) in [5.74, 6) is 1.18. The van der Waals surface area contributed by atoms with Crippen molar-refractivity contribution in [3.05, 3.63) is 24.0 Å². The number of carbonyl (C=O) groups excluding carboxylic acids is 1. The Morgan fingerprint density at radius 3 is 1.90 bits per heavy atom. The van der Waals surface area contributed by atoms with Gasteiger partial charge in [-0.1, -0.05) is 20.4 Å². The lowest BCUT2D eigenvalue weighted by Crippen LogP contribution is -2.63. The zero-order chi connectivity index (χ0) is 41.1. The quantitative estimate of drug-likeness (QED) is 0.157. The zero-order valence-electron chi connectivity index (χ0n) is 35.0. The van der Waals surface area contributed by atoms with Crippen LogP contribution in [0.15, 0.2) is 24.0 Å². The summed E-state index contributed by atoms with van der Waals surface area (Å²) in [7, 11) is 0. The molecule has 5 aliphatic heterocycles. The Balaban J connectivity index is 0.766. The highest BCUT2D eigenvalue weighted by Crippen LogP contribution is 2.81. The molecule has 14 nitrogen and oxygen atoms in total. The first-order valence-corrected chi connectivity index (χ1v) is 22.0. The summed E-state index contributed by atoms with van der Waals surface area (Å²) in [5, 5.41) is 45.1. The maximum absolute atomic E-state index is 12.1. The fraction of sp³-hybridized carbons (Fsp3) is 0.886. The Morgan fingerprint density at radius 1 is 0.759 bits per heavy atom. The van der Waals surface area contributed by atoms with E-state index in [9.17, 15) is 25.2 Å². The van der Waals surface area contributed by atoms with E-state index in [0.29, 0.717) is 24.2 Å². The Morgan fingerprint density at radius 2 is 1.34 bits per heavy atom. The van der Waals surface area contributed by atoms with Crippen LogP contribution in [0.4, 0.5) is 0 Å². The standard InChI is InChI=1S/C44H66O14/c1-21-14-26(20-50-21)29-10-13-44-42(29,7)34(49)19-33-41(6)11-9-28(15-27(41)8-12-43(33,44)58-44)55-35-16-31(47)39(23(3)51-35)57-37-18-32(48)40(24(4)53-37)56-36-17-30(46)38(22(2)52-36)54-25(5)45/h14,22-24,27-40,46-49H,1,8-13,15-20H2,2-7H3. The smallest absolute Gasteiger partial charge is 0.303 e. The molecule has 14 heteroatoms. The molecule has 4 saturated heterocycles. The maximum Gasteiger partial charge on any atom is 0.303 e. The topological polar surface area (TPSA) is 184 Å². The van der Waals surface area contributed by atoms with Gasteiger partial charge in [0.05, 0.1) is 48.8 Å². The highest BCUT2D eigenvalue weighted by atomic mass is 16.7. The molecule has 0 bridgehead atoms. The van der Waals surface area contributed by atoms with Crippen LogP contribution < -0.4 is 0 Å². The van der Waals surface area contributed by atoms with E-state index in [1.54, 1.807) is 13.8 Å². The average molecular weight is 819 g/mol. The Labute approximate surface area is 341 Å². The summed E-state index contributed by atoms with van der Waals surface area (Å²) in [6.07, 6.45) is 0.692. The van der Waals surface area contributed by atoms with Crippen LogP contribution >= 0.6 is 0 Å². The second kappa shape index (κ2) is 15.0. The molecule has 58 heavy (non-hydrogen) atoms. The molecule has 8 fully saturated rings. The molecule has 0 amide bonds. The summed E-state index contributed by atoms with van der Waals surface area (Å²) in [5.41, 5.74) is 0.481. The van der Waals surface area contributed by atoms with E-state index in [2.05, 4.69) is 26.5 Å². The Bertz CT molecular complexity index is 1590. The molecule has 0 aromatic rings. The number of epoxide rings is 1. The summed E-state index contributed by atoms with van der Waals surface area (Å²) in [6, 6.07) is 0. The first-order valence-electron chi connectivity index (χ1n) is 22.0. The van der Waals surface area contributed by atoms with E-state index in [0.717, 1.165) is 51.4 Å². The van der Waals surface area contributed by atoms with Crippen molar-refractivity contribution >= 4 is 5.97 Å². The largest absolute Gasteiger partial charge is 0.490 e. The number of rotatable bonds is 8. The highest BCUT2D eigenvalue weighted by molar-refractivity contribution is 5.66. The fourth-order valence-corrected chi connectivity index (χ4v) is 13.7. The lowest BCUT2D eigenvalue weighted by Gasteiger charge is -2.59. The molecule has 9 aliphatic rings. The van der Waals surface area contributed by atoms with Crippen molar-refractivity contribution in [3.8, 4) is 0 Å². The molecule has 21 unspecified atom stereocenters. The van der Waals surface area contributed by atoms with Gasteiger partial charge in [0.15, 0.2) is 25.0 Å². The van der Waals surface area contributed by atoms with E-state index >= 15 is 0 Å². The van der Waals surface area contributed by atoms with Crippen LogP contribution in [0.1, 0.15) is 112 Å². The summed E-state index contributed by atoms with van der Waals surface area (Å²) < 4.78 is 55.4. The number of aliphatic hydroxyl groups excluding tert-OH is 4. The molecule has 0 radical (unpaired) electrons. The second-order valence-electron chi connectivity index (χ2n) is 19.7. The van der Waals surface area contributed by atoms with Crippen molar-refractivity contribution in [1.82, 2.24) is 0 Å². The van der Waals surface area contributed by atoms with Gasteiger partial charge in [0.25, 0.3) is 0 Å². The van der Waals surface area contributed by atoms with E-state index in [1.165, 1.54) is 12.5 Å². The fourth-order valence-electron chi connectivity index (χ4n) is 13.7. The molecule has 9 rings (SSSR count). The van der Waals surface area contributed by atoms with Crippen LogP contribution in [0.5, 0.6) is 0 Å². The van der Waals surface area contributed by atoms with Crippen LogP contribution in [0.3, 0.4) is 0 Å². The molecule has 2 spiro atoms. The van der Waals surface area contributed by atoms with Gasteiger partial charge in [-0.2, -0.15) is 0 Å². The third-order valence-electron chi connectivity index (χ3n) is 16.6. The van der Waals surface area contributed by atoms with E-state index in [-0.39, 0.29) is 53.3 Å². The molecule has 0 aromatic heterocycles. The minimum atomic E-state index is -0.979. The van der Waals surface area contributed by atoms with Crippen molar-refractivity contribution < 1.29 is 67.9 Å². The molecule has 4 aliphatic carbocycles. The normalized spacial score (nSPS) is 55.0. The Hall–Kier alpha value is -1.69. The van der Waals surface area contributed by atoms with Gasteiger partial charge < -0.3 is 63.1 Å². The van der Waals surface area contributed by atoms with Crippen molar-refractivity contribution in [3.63, 3.8) is 0 Å². The van der Waals surface area contributed by atoms with Crippen LogP contribution in [-0.4, -0.2) is 130 Å². The van der Waals surface area contributed by atoms with Crippen molar-refractivity contribution in [2.75, 3.05) is 6.61 Å². The molecular formula is C44H66O14. The van der Waals surface area contributed by atoms with Crippen LogP contribution in [0.2, 0.25) is 0 Å². The predicted molar refractivity (Wildman–Crippen MR) is 204 cm³/mol. The molecule has 4 N–H and O–H groups in total. The molecule has 4 saturated carbocycles. The third kappa shape index (κ3) is 6.57. The van der Waals surface area contributed by atoms with Gasteiger partial charge in [-0.15, -0.1) is 0 Å². The Kier molecular flexibility index (Phi) is 10.8. The van der Waals surface area contributed by atoms with Crippen molar-refractivity contribution in [2.24, 2.45) is 28.6 Å². The van der Waals surface area contributed by atoms with E-state index in [4.69, 9.17) is 42.6 Å². The van der Waals surface area contributed by atoms with E-state index < -0.39 is 85.9 Å². The minimum absolute atomic E-state index is 0.000446. The van der Waals surface area contributed by atoms with Gasteiger partial charge in [-0.25, -0.2) is 0 Å². The first kappa shape index (κ1) is 41.7. The number of carbonyl (C=O) groups is 1. The minimum Gasteiger partial charge on any atom is -0.490 e. The molecule has 326 valence electrons. The summed E-state index contributed by atoms with van der Waals surface area (Å²) in [4.78, 5) is 11.4. The monoisotopic (exact) mass is 818 g/mol. The van der Waals surface area contributed by atoms with Gasteiger partial charge in [-0.05, 0) is 107 Å². The SMILES string of the molecule is C=C1C=C(C2CCC34OC35CCC3CC(OC6CC(O)C(OC7CC(O)C(OC8CC(O)C(OC(C)=O)C(C)O8)C(C)O7)C(C)O6)CCC3(C)C5CC(O)C24C)CO1. The predicted octanol–water partition coefficient (Wildman–Crippen LogP) is 3.94. The summed E-state index contributed by atoms with van der Waals surface area (Å²) in [6.45, 7) is 15.9. The van der Waals surface area contributed by atoms with Gasteiger partial charge in [-0.3, -0.25) is 4.79 Å². The number of hydrogen-bond donors (Lipinski definition) is 4. The maximum atomic E-state index is 12.1. The molecule has 5 heterocycles. The van der Waals surface area contributed by atoms with Crippen molar-refractivity contribution in [2.45, 2.75) is 209 Å². The average Bonchev–Trinajstić information content (AvgIpc) is 3.44. The van der Waals surface area contributed by atoms with Gasteiger partial charge in [0.2, 0.25) is 0 Å².